The van der Waals surface area contributed by atoms with Gasteiger partial charge in [0.05, 0.1) is 34.1 Å². The van der Waals surface area contributed by atoms with Crippen LogP contribution in [0.4, 0.5) is 5.69 Å². The van der Waals surface area contributed by atoms with Gasteiger partial charge in [0, 0.05) is 11.1 Å². The SMILES string of the molecule is CCOc1ccc2nc(SCC(=O)Nc3ccc(Cl)cc3Cl)[nH]c2c1. The molecule has 130 valence electrons. The Kier molecular flexibility index (Phi) is 5.73. The van der Waals surface area contributed by atoms with E-state index < -0.39 is 0 Å². The van der Waals surface area contributed by atoms with Crippen LogP contribution in [0.2, 0.25) is 10.0 Å². The molecule has 3 rings (SSSR count). The van der Waals surface area contributed by atoms with Gasteiger partial charge in [0.25, 0.3) is 0 Å². The highest BCUT2D eigenvalue weighted by Crippen LogP contribution is 2.26. The van der Waals surface area contributed by atoms with Crippen molar-refractivity contribution in [3.63, 3.8) is 0 Å². The highest BCUT2D eigenvalue weighted by molar-refractivity contribution is 7.99. The number of nitrogens with zero attached hydrogens (tertiary/aromatic N) is 1. The number of carbonyl (C=O) groups excluding carboxylic acids is 1. The number of amides is 1. The number of hydrogen-bond acceptors (Lipinski definition) is 4. The minimum Gasteiger partial charge on any atom is -0.494 e. The van der Waals surface area contributed by atoms with Crippen LogP contribution < -0.4 is 10.1 Å². The summed E-state index contributed by atoms with van der Waals surface area (Å²) in [4.78, 5) is 19.7. The summed E-state index contributed by atoms with van der Waals surface area (Å²) in [5.41, 5.74) is 2.23. The van der Waals surface area contributed by atoms with Crippen molar-refractivity contribution in [2.24, 2.45) is 0 Å². The molecule has 0 atom stereocenters. The van der Waals surface area contributed by atoms with E-state index in [0.29, 0.717) is 27.5 Å². The molecule has 0 spiro atoms. The number of aromatic amines is 1. The Morgan fingerprint density at radius 1 is 1.28 bits per heavy atom. The van der Waals surface area contributed by atoms with Crippen molar-refractivity contribution in [2.75, 3.05) is 17.7 Å². The molecule has 0 fully saturated rings. The molecule has 0 aliphatic carbocycles. The number of anilines is 1. The van der Waals surface area contributed by atoms with E-state index in [9.17, 15) is 4.79 Å². The van der Waals surface area contributed by atoms with E-state index in [-0.39, 0.29) is 11.7 Å². The lowest BCUT2D eigenvalue weighted by atomic mass is 10.3. The maximum atomic E-state index is 12.1. The molecule has 2 aromatic carbocycles. The maximum absolute atomic E-state index is 12.1. The van der Waals surface area contributed by atoms with E-state index >= 15 is 0 Å². The fourth-order valence-electron chi connectivity index (χ4n) is 2.20. The van der Waals surface area contributed by atoms with Crippen molar-refractivity contribution in [1.82, 2.24) is 9.97 Å². The lowest BCUT2D eigenvalue weighted by Crippen LogP contribution is -2.14. The fourth-order valence-corrected chi connectivity index (χ4v) is 3.34. The Bertz CT molecular complexity index is 914. The number of H-pyrrole nitrogens is 1. The maximum Gasteiger partial charge on any atom is 0.234 e. The number of halogens is 2. The van der Waals surface area contributed by atoms with Crippen LogP contribution in [0.25, 0.3) is 11.0 Å². The molecular weight excluding hydrogens is 381 g/mol. The normalized spacial score (nSPS) is 10.8. The molecule has 1 heterocycles. The monoisotopic (exact) mass is 395 g/mol. The molecule has 0 radical (unpaired) electrons. The van der Waals surface area contributed by atoms with E-state index in [4.69, 9.17) is 27.9 Å². The number of aromatic nitrogens is 2. The van der Waals surface area contributed by atoms with Gasteiger partial charge in [-0.05, 0) is 37.3 Å². The average molecular weight is 396 g/mol. The van der Waals surface area contributed by atoms with E-state index in [1.165, 1.54) is 11.8 Å². The molecule has 3 aromatic rings. The van der Waals surface area contributed by atoms with Crippen LogP contribution in [0, 0.1) is 0 Å². The van der Waals surface area contributed by atoms with Crippen molar-refractivity contribution in [3.05, 3.63) is 46.4 Å². The van der Waals surface area contributed by atoms with Crippen LogP contribution in [0.15, 0.2) is 41.6 Å². The van der Waals surface area contributed by atoms with Crippen molar-refractivity contribution >= 4 is 57.6 Å². The minimum absolute atomic E-state index is 0.176. The topological polar surface area (TPSA) is 67.0 Å². The van der Waals surface area contributed by atoms with Crippen LogP contribution in [-0.2, 0) is 4.79 Å². The zero-order valence-electron chi connectivity index (χ0n) is 13.3. The second-order valence-corrected chi connectivity index (χ2v) is 6.92. The van der Waals surface area contributed by atoms with Gasteiger partial charge >= 0.3 is 0 Å². The molecule has 0 saturated heterocycles. The Balaban J connectivity index is 1.62. The van der Waals surface area contributed by atoms with Crippen molar-refractivity contribution in [1.29, 1.82) is 0 Å². The largest absolute Gasteiger partial charge is 0.494 e. The highest BCUT2D eigenvalue weighted by Gasteiger charge is 2.10. The molecule has 5 nitrogen and oxygen atoms in total. The van der Waals surface area contributed by atoms with Crippen LogP contribution in [0.1, 0.15) is 6.92 Å². The lowest BCUT2D eigenvalue weighted by Gasteiger charge is -2.06. The lowest BCUT2D eigenvalue weighted by molar-refractivity contribution is -0.113. The summed E-state index contributed by atoms with van der Waals surface area (Å²) in [6, 6.07) is 10.6. The molecule has 0 aliphatic rings. The zero-order valence-corrected chi connectivity index (χ0v) is 15.6. The van der Waals surface area contributed by atoms with Crippen LogP contribution in [-0.4, -0.2) is 28.2 Å². The van der Waals surface area contributed by atoms with Gasteiger partial charge < -0.3 is 15.0 Å². The molecule has 1 amide bonds. The smallest absolute Gasteiger partial charge is 0.234 e. The third-order valence-corrected chi connectivity index (χ3v) is 4.71. The van der Waals surface area contributed by atoms with Crippen molar-refractivity contribution in [3.8, 4) is 5.75 Å². The number of ether oxygens (including phenoxy) is 1. The van der Waals surface area contributed by atoms with E-state index in [1.807, 2.05) is 25.1 Å². The molecule has 25 heavy (non-hydrogen) atoms. The molecule has 1 aromatic heterocycles. The van der Waals surface area contributed by atoms with Gasteiger partial charge in [-0.2, -0.15) is 0 Å². The summed E-state index contributed by atoms with van der Waals surface area (Å²) in [6.07, 6.45) is 0. The number of benzene rings is 2. The number of rotatable bonds is 6. The number of imidazole rings is 1. The molecule has 2 N–H and O–H groups in total. The first-order valence-electron chi connectivity index (χ1n) is 7.55. The number of thioether (sulfide) groups is 1. The first-order chi connectivity index (χ1) is 12.0. The number of nitrogens with one attached hydrogen (secondary N) is 2. The van der Waals surface area contributed by atoms with Gasteiger partial charge in [-0.15, -0.1) is 0 Å². The third kappa shape index (κ3) is 4.60. The van der Waals surface area contributed by atoms with E-state index in [1.54, 1.807) is 18.2 Å². The van der Waals surface area contributed by atoms with Crippen LogP contribution >= 0.6 is 35.0 Å². The zero-order chi connectivity index (χ0) is 17.8. The number of fused-ring (bicyclic) bond motifs is 1. The summed E-state index contributed by atoms with van der Waals surface area (Å²) in [6.45, 7) is 2.54. The molecular formula is C17H15Cl2N3O2S. The predicted molar refractivity (Wildman–Crippen MR) is 103 cm³/mol. The number of carbonyl (C=O) groups is 1. The van der Waals surface area contributed by atoms with Gasteiger partial charge in [0.15, 0.2) is 5.16 Å². The van der Waals surface area contributed by atoms with Crippen LogP contribution in [0.5, 0.6) is 5.75 Å². The summed E-state index contributed by atoms with van der Waals surface area (Å²) < 4.78 is 5.47. The minimum atomic E-state index is -0.176. The predicted octanol–water partition coefficient (Wildman–Crippen LogP) is 5.00. The van der Waals surface area contributed by atoms with Gasteiger partial charge in [0.1, 0.15) is 5.75 Å². The summed E-state index contributed by atoms with van der Waals surface area (Å²) in [5, 5.41) is 4.34. The van der Waals surface area contributed by atoms with Crippen LogP contribution in [0.3, 0.4) is 0 Å². The summed E-state index contributed by atoms with van der Waals surface area (Å²) >= 11 is 13.2. The quantitative estimate of drug-likeness (QED) is 0.576. The first kappa shape index (κ1) is 17.9. The highest BCUT2D eigenvalue weighted by atomic mass is 35.5. The Morgan fingerprint density at radius 2 is 2.12 bits per heavy atom. The van der Waals surface area contributed by atoms with Gasteiger partial charge in [-0.3, -0.25) is 4.79 Å². The first-order valence-corrected chi connectivity index (χ1v) is 9.29. The van der Waals surface area contributed by atoms with Gasteiger partial charge in [0.2, 0.25) is 5.91 Å². The van der Waals surface area contributed by atoms with Gasteiger partial charge in [-0.1, -0.05) is 35.0 Å². The average Bonchev–Trinajstić information content (AvgIpc) is 2.98. The Hall–Kier alpha value is -1.89. The van der Waals surface area contributed by atoms with Gasteiger partial charge in [-0.25, -0.2) is 4.98 Å². The third-order valence-electron chi connectivity index (χ3n) is 3.29. The molecule has 0 saturated carbocycles. The van der Waals surface area contributed by atoms with Crippen molar-refractivity contribution in [2.45, 2.75) is 12.1 Å². The standard InChI is InChI=1S/C17H15Cl2N3O2S/c1-2-24-11-4-6-14-15(8-11)22-17(21-14)25-9-16(23)20-13-5-3-10(18)7-12(13)19/h3-8H,2,9H2,1H3,(H,20,23)(H,21,22). The molecule has 0 bridgehead atoms. The molecule has 8 heteroatoms. The Morgan fingerprint density at radius 3 is 2.88 bits per heavy atom. The molecule has 0 unspecified atom stereocenters. The van der Waals surface area contributed by atoms with Crippen molar-refractivity contribution < 1.29 is 9.53 Å². The summed E-state index contributed by atoms with van der Waals surface area (Å²) in [5.74, 6) is 0.812. The Labute approximate surface area is 159 Å². The van der Waals surface area contributed by atoms with E-state index in [0.717, 1.165) is 16.8 Å². The van der Waals surface area contributed by atoms with E-state index in [2.05, 4.69) is 15.3 Å². The fraction of sp³-hybridized carbons (Fsp3) is 0.176. The number of hydrogen-bond donors (Lipinski definition) is 2. The second kappa shape index (κ2) is 7.99. The second-order valence-electron chi connectivity index (χ2n) is 5.11. The molecule has 0 aliphatic heterocycles. The summed E-state index contributed by atoms with van der Waals surface area (Å²) in [7, 11) is 0.